The lowest BCUT2D eigenvalue weighted by Crippen LogP contribution is -2.52. The van der Waals surface area contributed by atoms with Gasteiger partial charge in [-0.2, -0.15) is 0 Å². The second-order valence-electron chi connectivity index (χ2n) is 5.27. The van der Waals surface area contributed by atoms with Crippen LogP contribution in [0.3, 0.4) is 0 Å². The summed E-state index contributed by atoms with van der Waals surface area (Å²) in [6, 6.07) is 9.50. The molecule has 0 saturated carbocycles. The van der Waals surface area contributed by atoms with Crippen LogP contribution in [0.4, 0.5) is 8.78 Å². The summed E-state index contributed by atoms with van der Waals surface area (Å²) < 4.78 is 25.1. The van der Waals surface area contributed by atoms with Crippen molar-refractivity contribution in [3.63, 3.8) is 0 Å². The average molecular weight is 282 g/mol. The zero-order valence-corrected chi connectivity index (χ0v) is 11.6. The van der Waals surface area contributed by atoms with Crippen LogP contribution in [0.1, 0.15) is 18.4 Å². The van der Waals surface area contributed by atoms with Crippen molar-refractivity contribution in [2.75, 3.05) is 26.7 Å². The van der Waals surface area contributed by atoms with E-state index in [1.807, 2.05) is 30.3 Å². The van der Waals surface area contributed by atoms with Gasteiger partial charge in [-0.1, -0.05) is 30.3 Å². The van der Waals surface area contributed by atoms with Crippen molar-refractivity contribution in [1.82, 2.24) is 10.2 Å². The van der Waals surface area contributed by atoms with Crippen molar-refractivity contribution in [1.29, 1.82) is 0 Å². The smallest absolute Gasteiger partial charge is 0.255 e. The summed E-state index contributed by atoms with van der Waals surface area (Å²) in [5.41, 5.74) is 0.253. The minimum absolute atomic E-state index is 0.203. The molecular formula is C15H20F2N2O. The first kappa shape index (κ1) is 14.9. The predicted octanol–water partition coefficient (Wildman–Crippen LogP) is 2.03. The summed E-state index contributed by atoms with van der Waals surface area (Å²) in [4.78, 5) is 13.9. The van der Waals surface area contributed by atoms with E-state index in [0.717, 1.165) is 18.7 Å². The highest BCUT2D eigenvalue weighted by molar-refractivity contribution is 5.88. The lowest BCUT2D eigenvalue weighted by Gasteiger charge is -2.39. The second kappa shape index (κ2) is 6.31. The van der Waals surface area contributed by atoms with Crippen LogP contribution in [-0.4, -0.2) is 43.9 Å². The maximum atomic E-state index is 12.7. The molecule has 0 bridgehead atoms. The number of amides is 1. The number of rotatable bonds is 4. The Morgan fingerprint density at radius 3 is 2.45 bits per heavy atom. The van der Waals surface area contributed by atoms with E-state index in [0.29, 0.717) is 12.8 Å². The van der Waals surface area contributed by atoms with Gasteiger partial charge in [0.15, 0.2) is 0 Å². The molecule has 0 atom stereocenters. The Labute approximate surface area is 118 Å². The van der Waals surface area contributed by atoms with Gasteiger partial charge in [0.1, 0.15) is 0 Å². The van der Waals surface area contributed by atoms with Crippen LogP contribution in [-0.2, 0) is 10.2 Å². The van der Waals surface area contributed by atoms with Gasteiger partial charge < -0.3 is 10.2 Å². The van der Waals surface area contributed by atoms with E-state index in [9.17, 15) is 13.6 Å². The molecule has 1 amide bonds. The Hall–Kier alpha value is -1.49. The molecule has 0 aromatic heterocycles. The fourth-order valence-electron chi connectivity index (χ4n) is 2.89. The lowest BCUT2D eigenvalue weighted by atomic mass is 9.72. The molecule has 1 aliphatic rings. The highest BCUT2D eigenvalue weighted by atomic mass is 19.3. The Morgan fingerprint density at radius 1 is 1.30 bits per heavy atom. The Morgan fingerprint density at radius 2 is 1.90 bits per heavy atom. The van der Waals surface area contributed by atoms with Crippen LogP contribution in [0, 0.1) is 0 Å². The van der Waals surface area contributed by atoms with Crippen LogP contribution in [0.25, 0.3) is 0 Å². The highest BCUT2D eigenvalue weighted by Gasteiger charge is 2.42. The quantitative estimate of drug-likeness (QED) is 0.916. The van der Waals surface area contributed by atoms with Crippen molar-refractivity contribution >= 4 is 5.91 Å². The van der Waals surface area contributed by atoms with E-state index < -0.39 is 18.4 Å². The van der Waals surface area contributed by atoms with Crippen molar-refractivity contribution in [3.8, 4) is 0 Å². The first-order valence-corrected chi connectivity index (χ1v) is 6.86. The number of alkyl halides is 2. The molecule has 1 fully saturated rings. The maximum Gasteiger partial charge on any atom is 0.255 e. The number of carbonyl (C=O) groups excluding carboxylic acids is 1. The van der Waals surface area contributed by atoms with E-state index in [1.165, 1.54) is 11.9 Å². The van der Waals surface area contributed by atoms with E-state index in [-0.39, 0.29) is 5.91 Å². The normalized spacial score (nSPS) is 18.0. The van der Waals surface area contributed by atoms with Crippen LogP contribution in [0.2, 0.25) is 0 Å². The monoisotopic (exact) mass is 282 g/mol. The number of nitrogens with zero attached hydrogens (tertiary/aromatic N) is 1. The summed E-state index contributed by atoms with van der Waals surface area (Å²) >= 11 is 0. The second-order valence-corrected chi connectivity index (χ2v) is 5.27. The molecular weight excluding hydrogens is 262 g/mol. The zero-order valence-electron chi connectivity index (χ0n) is 11.6. The van der Waals surface area contributed by atoms with Gasteiger partial charge >= 0.3 is 0 Å². The molecule has 2 rings (SSSR count). The third-order valence-corrected chi connectivity index (χ3v) is 3.95. The van der Waals surface area contributed by atoms with Crippen LogP contribution < -0.4 is 5.32 Å². The summed E-state index contributed by atoms with van der Waals surface area (Å²) in [6.07, 6.45) is -1.22. The van der Waals surface area contributed by atoms with Crippen LogP contribution >= 0.6 is 0 Å². The fraction of sp³-hybridized carbons (Fsp3) is 0.533. The van der Waals surface area contributed by atoms with Gasteiger partial charge in [0.25, 0.3) is 6.43 Å². The number of piperidine rings is 1. The minimum atomic E-state index is -2.50. The van der Waals surface area contributed by atoms with Gasteiger partial charge in [-0.15, -0.1) is 0 Å². The fourth-order valence-corrected chi connectivity index (χ4v) is 2.89. The molecule has 1 aromatic rings. The number of halogens is 2. The summed E-state index contributed by atoms with van der Waals surface area (Å²) in [7, 11) is 1.46. The molecule has 1 heterocycles. The molecule has 0 unspecified atom stereocenters. The van der Waals surface area contributed by atoms with Gasteiger partial charge in [-0.3, -0.25) is 4.79 Å². The molecule has 5 heteroatoms. The average Bonchev–Trinajstić information content (AvgIpc) is 2.47. The van der Waals surface area contributed by atoms with Gasteiger partial charge in [0.2, 0.25) is 5.91 Å². The molecule has 1 N–H and O–H groups in total. The zero-order chi connectivity index (χ0) is 14.6. The molecule has 110 valence electrons. The molecule has 3 nitrogen and oxygen atoms in total. The Kier molecular flexibility index (Phi) is 4.70. The topological polar surface area (TPSA) is 32.3 Å². The molecule has 0 radical (unpaired) electrons. The number of hydrogen-bond donors (Lipinski definition) is 1. The molecule has 1 aromatic carbocycles. The van der Waals surface area contributed by atoms with E-state index in [1.54, 1.807) is 0 Å². The van der Waals surface area contributed by atoms with E-state index in [2.05, 4.69) is 5.32 Å². The summed E-state index contributed by atoms with van der Waals surface area (Å²) in [6.45, 7) is 0.938. The Balaban J connectivity index is 2.30. The molecule has 0 aliphatic carbocycles. The van der Waals surface area contributed by atoms with Crippen molar-refractivity contribution < 1.29 is 13.6 Å². The van der Waals surface area contributed by atoms with E-state index >= 15 is 0 Å². The van der Waals surface area contributed by atoms with Gasteiger partial charge in [0.05, 0.1) is 12.0 Å². The van der Waals surface area contributed by atoms with Crippen LogP contribution in [0.5, 0.6) is 0 Å². The number of hydrogen-bond acceptors (Lipinski definition) is 2. The predicted molar refractivity (Wildman–Crippen MR) is 73.9 cm³/mol. The molecule has 1 aliphatic heterocycles. The van der Waals surface area contributed by atoms with Crippen molar-refractivity contribution in [2.45, 2.75) is 24.7 Å². The summed E-state index contributed by atoms with van der Waals surface area (Å²) in [5.74, 6) is -0.203. The first-order valence-electron chi connectivity index (χ1n) is 6.86. The number of benzene rings is 1. The number of nitrogens with one attached hydrogen (secondary N) is 1. The number of carbonyl (C=O) groups is 1. The lowest BCUT2D eigenvalue weighted by molar-refractivity contribution is -0.139. The number of likely N-dealkylation sites (N-methyl/N-ethyl adjacent to an activating group) is 1. The SMILES string of the molecule is CN(CC(F)F)C(=O)C1(c2ccccc2)CCNCC1. The molecule has 1 saturated heterocycles. The van der Waals surface area contributed by atoms with E-state index in [4.69, 9.17) is 0 Å². The third kappa shape index (κ3) is 2.98. The standard InChI is InChI=1S/C15H20F2N2O/c1-19(11-13(16)17)14(20)15(7-9-18-10-8-15)12-5-3-2-4-6-12/h2-6,13,18H,7-11H2,1H3. The molecule has 20 heavy (non-hydrogen) atoms. The third-order valence-electron chi connectivity index (χ3n) is 3.95. The molecule has 0 spiro atoms. The summed E-state index contributed by atoms with van der Waals surface area (Å²) in [5, 5.41) is 3.22. The van der Waals surface area contributed by atoms with Crippen LogP contribution in [0.15, 0.2) is 30.3 Å². The first-order chi connectivity index (χ1) is 9.56. The van der Waals surface area contributed by atoms with Crippen molar-refractivity contribution in [2.24, 2.45) is 0 Å². The van der Waals surface area contributed by atoms with Gasteiger partial charge in [-0.25, -0.2) is 8.78 Å². The largest absolute Gasteiger partial charge is 0.339 e. The highest BCUT2D eigenvalue weighted by Crippen LogP contribution is 2.35. The van der Waals surface area contributed by atoms with Crippen molar-refractivity contribution in [3.05, 3.63) is 35.9 Å². The Bertz CT molecular complexity index is 444. The minimum Gasteiger partial charge on any atom is -0.339 e. The van der Waals surface area contributed by atoms with Gasteiger partial charge in [-0.05, 0) is 31.5 Å². The maximum absolute atomic E-state index is 12.7. The van der Waals surface area contributed by atoms with Gasteiger partial charge in [0, 0.05) is 7.05 Å².